The standard InChI is InChI=1S/C12H15BrClNO2S2/c1-18-9-3-2-8(6-9)15-19(16,17)10-4-5-12(14)11(13)7-10/h4-5,7-9,15H,2-3,6H2,1H3. The minimum Gasteiger partial charge on any atom is -0.208 e. The highest BCUT2D eigenvalue weighted by Gasteiger charge is 2.28. The van der Waals surface area contributed by atoms with E-state index >= 15 is 0 Å². The second-order valence-electron chi connectivity index (χ2n) is 4.56. The number of rotatable bonds is 4. The fourth-order valence-electron chi connectivity index (χ4n) is 2.19. The molecule has 0 aromatic heterocycles. The maximum atomic E-state index is 12.3. The Balaban J connectivity index is 2.12. The van der Waals surface area contributed by atoms with Crippen molar-refractivity contribution in [1.82, 2.24) is 4.72 Å². The second-order valence-corrected chi connectivity index (χ2v) is 8.68. The maximum absolute atomic E-state index is 12.3. The van der Waals surface area contributed by atoms with Crippen molar-refractivity contribution in [1.29, 1.82) is 0 Å². The molecule has 1 aliphatic rings. The monoisotopic (exact) mass is 383 g/mol. The Morgan fingerprint density at radius 2 is 2.16 bits per heavy atom. The molecule has 1 aliphatic carbocycles. The van der Waals surface area contributed by atoms with Gasteiger partial charge in [-0.05, 0) is 59.6 Å². The van der Waals surface area contributed by atoms with Crippen LogP contribution in [0.4, 0.5) is 0 Å². The van der Waals surface area contributed by atoms with Gasteiger partial charge in [0.25, 0.3) is 0 Å². The number of benzene rings is 1. The van der Waals surface area contributed by atoms with Gasteiger partial charge in [0.05, 0.1) is 9.92 Å². The second kappa shape index (κ2) is 6.35. The predicted octanol–water partition coefficient (Wildman–Crippen LogP) is 3.66. The number of nitrogens with one attached hydrogen (secondary N) is 1. The van der Waals surface area contributed by atoms with Crippen molar-refractivity contribution < 1.29 is 8.42 Å². The molecule has 0 heterocycles. The van der Waals surface area contributed by atoms with Crippen LogP contribution in [0.2, 0.25) is 5.02 Å². The minimum absolute atomic E-state index is 0.0388. The van der Waals surface area contributed by atoms with Gasteiger partial charge in [-0.25, -0.2) is 13.1 Å². The van der Waals surface area contributed by atoms with Gasteiger partial charge in [-0.2, -0.15) is 11.8 Å². The van der Waals surface area contributed by atoms with Crippen LogP contribution in [0.1, 0.15) is 19.3 Å². The number of hydrogen-bond donors (Lipinski definition) is 1. The van der Waals surface area contributed by atoms with Crippen LogP contribution in [0.3, 0.4) is 0 Å². The summed E-state index contributed by atoms with van der Waals surface area (Å²) in [6.07, 6.45) is 4.94. The molecule has 106 valence electrons. The molecule has 1 N–H and O–H groups in total. The van der Waals surface area contributed by atoms with Crippen LogP contribution in [0.5, 0.6) is 0 Å². The molecule has 1 saturated carbocycles. The molecule has 1 aromatic carbocycles. The van der Waals surface area contributed by atoms with Crippen molar-refractivity contribution in [2.24, 2.45) is 0 Å². The normalized spacial score (nSPS) is 23.7. The Kier molecular flexibility index (Phi) is 5.22. The molecular formula is C12H15BrClNO2S2. The number of hydrogen-bond acceptors (Lipinski definition) is 3. The van der Waals surface area contributed by atoms with Gasteiger partial charge in [0.1, 0.15) is 0 Å². The van der Waals surface area contributed by atoms with E-state index in [1.165, 1.54) is 12.1 Å². The van der Waals surface area contributed by atoms with Crippen molar-refractivity contribution in [2.45, 2.75) is 35.4 Å². The summed E-state index contributed by atoms with van der Waals surface area (Å²) in [6, 6.07) is 4.68. The number of halogens is 2. The van der Waals surface area contributed by atoms with E-state index < -0.39 is 10.0 Å². The van der Waals surface area contributed by atoms with E-state index in [4.69, 9.17) is 11.6 Å². The molecule has 1 aromatic rings. The molecule has 3 nitrogen and oxygen atoms in total. The highest BCUT2D eigenvalue weighted by atomic mass is 79.9. The third-order valence-corrected chi connectivity index (χ3v) is 7.07. The molecule has 2 rings (SSSR count). The topological polar surface area (TPSA) is 46.2 Å². The molecule has 19 heavy (non-hydrogen) atoms. The largest absolute Gasteiger partial charge is 0.240 e. The minimum atomic E-state index is -3.46. The van der Waals surface area contributed by atoms with Crippen LogP contribution in [0.15, 0.2) is 27.6 Å². The van der Waals surface area contributed by atoms with Crippen molar-refractivity contribution >= 4 is 49.3 Å². The summed E-state index contributed by atoms with van der Waals surface area (Å²) in [5.74, 6) is 0. The average Bonchev–Trinajstić information content (AvgIpc) is 2.79. The zero-order chi connectivity index (χ0) is 14.0. The summed E-state index contributed by atoms with van der Waals surface area (Å²) in [5, 5.41) is 1.06. The van der Waals surface area contributed by atoms with E-state index in [-0.39, 0.29) is 10.9 Å². The van der Waals surface area contributed by atoms with Gasteiger partial charge in [0, 0.05) is 15.8 Å². The van der Waals surface area contributed by atoms with Crippen LogP contribution < -0.4 is 4.72 Å². The Morgan fingerprint density at radius 1 is 1.42 bits per heavy atom. The number of thioether (sulfide) groups is 1. The highest BCUT2D eigenvalue weighted by molar-refractivity contribution is 9.10. The molecule has 0 bridgehead atoms. The highest BCUT2D eigenvalue weighted by Crippen LogP contribution is 2.30. The Bertz CT molecular complexity index is 565. The molecule has 2 unspecified atom stereocenters. The molecule has 0 spiro atoms. The molecule has 0 aliphatic heterocycles. The third-order valence-electron chi connectivity index (χ3n) is 3.24. The van der Waals surface area contributed by atoms with E-state index in [9.17, 15) is 8.42 Å². The zero-order valence-corrected chi connectivity index (χ0v) is 14.4. The Labute approximate surface area is 131 Å². The first kappa shape index (κ1) is 15.6. The first-order valence-electron chi connectivity index (χ1n) is 5.92. The van der Waals surface area contributed by atoms with Crippen LogP contribution in [-0.2, 0) is 10.0 Å². The summed E-state index contributed by atoms with van der Waals surface area (Å²) in [6.45, 7) is 0. The quantitative estimate of drug-likeness (QED) is 0.861. The smallest absolute Gasteiger partial charge is 0.208 e. The summed E-state index contributed by atoms with van der Waals surface area (Å²) in [7, 11) is -3.46. The lowest BCUT2D eigenvalue weighted by Gasteiger charge is -2.13. The van der Waals surface area contributed by atoms with Crippen LogP contribution in [0.25, 0.3) is 0 Å². The van der Waals surface area contributed by atoms with E-state index in [2.05, 4.69) is 26.9 Å². The predicted molar refractivity (Wildman–Crippen MR) is 84.4 cm³/mol. The lowest BCUT2D eigenvalue weighted by molar-refractivity contribution is 0.552. The van der Waals surface area contributed by atoms with E-state index in [0.29, 0.717) is 14.7 Å². The fourth-order valence-corrected chi connectivity index (χ4v) is 4.95. The van der Waals surface area contributed by atoms with Gasteiger partial charge in [0.2, 0.25) is 10.0 Å². The summed E-state index contributed by atoms with van der Waals surface area (Å²) in [5.41, 5.74) is 0. The molecular weight excluding hydrogens is 370 g/mol. The van der Waals surface area contributed by atoms with Gasteiger partial charge in [-0.1, -0.05) is 11.6 Å². The summed E-state index contributed by atoms with van der Waals surface area (Å²) >= 11 is 10.9. The van der Waals surface area contributed by atoms with Gasteiger partial charge < -0.3 is 0 Å². The van der Waals surface area contributed by atoms with E-state index in [0.717, 1.165) is 19.3 Å². The SMILES string of the molecule is CSC1CCC(NS(=O)(=O)c2ccc(Cl)c(Br)c2)C1. The van der Waals surface area contributed by atoms with Crippen molar-refractivity contribution in [2.75, 3.05) is 6.26 Å². The first-order valence-corrected chi connectivity index (χ1v) is 9.87. The Morgan fingerprint density at radius 3 is 2.74 bits per heavy atom. The lowest BCUT2D eigenvalue weighted by atomic mass is 10.3. The van der Waals surface area contributed by atoms with Gasteiger partial charge >= 0.3 is 0 Å². The van der Waals surface area contributed by atoms with Crippen molar-refractivity contribution in [3.8, 4) is 0 Å². The molecule has 0 saturated heterocycles. The summed E-state index contributed by atoms with van der Waals surface area (Å²) < 4.78 is 27.9. The zero-order valence-electron chi connectivity index (χ0n) is 10.4. The van der Waals surface area contributed by atoms with E-state index in [1.54, 1.807) is 17.8 Å². The van der Waals surface area contributed by atoms with Crippen molar-refractivity contribution in [3.05, 3.63) is 27.7 Å². The molecule has 7 heteroatoms. The Hall–Kier alpha value is 0.250. The average molecular weight is 385 g/mol. The van der Waals surface area contributed by atoms with Gasteiger partial charge in [-0.3, -0.25) is 0 Å². The third kappa shape index (κ3) is 3.88. The molecule has 2 atom stereocenters. The summed E-state index contributed by atoms with van der Waals surface area (Å²) in [4.78, 5) is 0.247. The van der Waals surface area contributed by atoms with Crippen molar-refractivity contribution in [3.63, 3.8) is 0 Å². The van der Waals surface area contributed by atoms with Gasteiger partial charge in [-0.15, -0.1) is 0 Å². The van der Waals surface area contributed by atoms with E-state index in [1.807, 2.05) is 0 Å². The van der Waals surface area contributed by atoms with Gasteiger partial charge in [0.15, 0.2) is 0 Å². The number of sulfonamides is 1. The fraction of sp³-hybridized carbons (Fsp3) is 0.500. The van der Waals surface area contributed by atoms with Crippen LogP contribution >= 0.6 is 39.3 Å². The lowest BCUT2D eigenvalue weighted by Crippen LogP contribution is -2.33. The molecule has 0 radical (unpaired) electrons. The maximum Gasteiger partial charge on any atom is 0.240 e. The first-order chi connectivity index (χ1) is 8.92. The molecule has 0 amide bonds. The van der Waals surface area contributed by atoms with Crippen LogP contribution in [-0.4, -0.2) is 26.0 Å². The molecule has 1 fully saturated rings. The van der Waals surface area contributed by atoms with Crippen LogP contribution in [0, 0.1) is 0 Å².